The van der Waals surface area contributed by atoms with Gasteiger partial charge in [0.05, 0.1) is 15.9 Å². The molecule has 1 unspecified atom stereocenters. The van der Waals surface area contributed by atoms with Crippen LogP contribution in [0.15, 0.2) is 28.7 Å². The van der Waals surface area contributed by atoms with Gasteiger partial charge < -0.3 is 5.73 Å². The minimum atomic E-state index is 0.153. The average molecular weight is 336 g/mol. The van der Waals surface area contributed by atoms with Crippen LogP contribution in [0.3, 0.4) is 0 Å². The zero-order valence-electron chi connectivity index (χ0n) is 12.4. The fourth-order valence-electron chi connectivity index (χ4n) is 2.48. The molecule has 0 saturated heterocycles. The third-order valence-corrected chi connectivity index (χ3v) is 4.79. The van der Waals surface area contributed by atoms with Gasteiger partial charge in [-0.1, -0.05) is 24.3 Å². The van der Waals surface area contributed by atoms with Crippen LogP contribution in [0.4, 0.5) is 0 Å². The van der Waals surface area contributed by atoms with Gasteiger partial charge >= 0.3 is 0 Å². The molecule has 0 spiro atoms. The number of nitrogens with zero attached hydrogens (tertiary/aromatic N) is 2. The van der Waals surface area contributed by atoms with Crippen molar-refractivity contribution in [2.24, 2.45) is 12.8 Å². The molecule has 0 fully saturated rings. The monoisotopic (exact) mass is 335 g/mol. The van der Waals surface area contributed by atoms with Gasteiger partial charge in [-0.3, -0.25) is 4.68 Å². The van der Waals surface area contributed by atoms with Crippen molar-refractivity contribution in [3.8, 4) is 0 Å². The lowest BCUT2D eigenvalue weighted by atomic mass is 9.99. The molecule has 0 saturated carbocycles. The number of hydrogen-bond acceptors (Lipinski definition) is 2. The minimum absolute atomic E-state index is 0.153. The first-order valence-corrected chi connectivity index (χ1v) is 7.76. The Labute approximate surface area is 129 Å². The Morgan fingerprint density at radius 2 is 2.00 bits per heavy atom. The molecule has 0 radical (unpaired) electrons. The molecule has 20 heavy (non-hydrogen) atoms. The Bertz CT molecular complexity index is 589. The average Bonchev–Trinajstić information content (AvgIpc) is 2.64. The third-order valence-electron chi connectivity index (χ3n) is 3.76. The lowest BCUT2D eigenvalue weighted by Crippen LogP contribution is -2.25. The van der Waals surface area contributed by atoms with Gasteiger partial charge in [0, 0.05) is 19.5 Å². The maximum absolute atomic E-state index is 6.29. The second kappa shape index (κ2) is 6.55. The van der Waals surface area contributed by atoms with Gasteiger partial charge in [-0.05, 0) is 53.7 Å². The van der Waals surface area contributed by atoms with Crippen molar-refractivity contribution in [2.75, 3.05) is 0 Å². The van der Waals surface area contributed by atoms with E-state index in [0.29, 0.717) is 0 Å². The van der Waals surface area contributed by atoms with Crippen molar-refractivity contribution in [1.29, 1.82) is 0 Å². The highest BCUT2D eigenvalue weighted by Gasteiger charge is 2.14. The molecule has 2 aromatic rings. The first-order chi connectivity index (χ1) is 9.49. The Morgan fingerprint density at radius 3 is 2.60 bits per heavy atom. The van der Waals surface area contributed by atoms with Gasteiger partial charge in [0.1, 0.15) is 0 Å². The number of halogens is 1. The van der Waals surface area contributed by atoms with Gasteiger partial charge in [-0.2, -0.15) is 5.10 Å². The number of nitrogens with two attached hydrogens (primary N) is 1. The van der Waals surface area contributed by atoms with Gasteiger partial charge in [-0.25, -0.2) is 0 Å². The third kappa shape index (κ3) is 3.49. The molecule has 108 valence electrons. The van der Waals surface area contributed by atoms with Gasteiger partial charge in [0.2, 0.25) is 0 Å². The maximum Gasteiger partial charge on any atom is 0.0738 e. The predicted octanol–water partition coefficient (Wildman–Crippen LogP) is 3.30. The van der Waals surface area contributed by atoms with Gasteiger partial charge in [-0.15, -0.1) is 0 Å². The van der Waals surface area contributed by atoms with Crippen LogP contribution in [-0.4, -0.2) is 15.8 Å². The largest absolute Gasteiger partial charge is 0.327 e. The fraction of sp³-hybridized carbons (Fsp3) is 0.438. The number of aryl methyl sites for hydroxylation is 4. The summed E-state index contributed by atoms with van der Waals surface area (Å²) in [5.74, 6) is 0. The highest BCUT2D eigenvalue weighted by Crippen LogP contribution is 2.22. The standard InChI is InChI=1S/C16H22BrN3/c1-11-6-4-5-7-13(11)8-9-14(18)10-15-16(17)12(2)19-20(15)3/h4-7,14H,8-10,18H2,1-3H3. The minimum Gasteiger partial charge on any atom is -0.327 e. The van der Waals surface area contributed by atoms with Crippen LogP contribution in [-0.2, 0) is 19.9 Å². The Hall–Kier alpha value is -1.13. The van der Waals surface area contributed by atoms with E-state index in [1.54, 1.807) is 0 Å². The molecule has 0 aliphatic carbocycles. The fourth-order valence-corrected chi connectivity index (χ4v) is 2.98. The van der Waals surface area contributed by atoms with Crippen molar-refractivity contribution in [1.82, 2.24) is 9.78 Å². The van der Waals surface area contributed by atoms with E-state index in [1.807, 2.05) is 18.7 Å². The van der Waals surface area contributed by atoms with Crippen molar-refractivity contribution in [3.05, 3.63) is 51.3 Å². The summed E-state index contributed by atoms with van der Waals surface area (Å²) >= 11 is 3.60. The highest BCUT2D eigenvalue weighted by atomic mass is 79.9. The molecule has 2 N–H and O–H groups in total. The van der Waals surface area contributed by atoms with E-state index in [2.05, 4.69) is 52.2 Å². The van der Waals surface area contributed by atoms with E-state index in [1.165, 1.54) is 16.8 Å². The van der Waals surface area contributed by atoms with Crippen LogP contribution in [0.25, 0.3) is 0 Å². The van der Waals surface area contributed by atoms with Gasteiger partial charge in [0.15, 0.2) is 0 Å². The SMILES string of the molecule is Cc1ccccc1CCC(N)Cc1c(Br)c(C)nn1C. The van der Waals surface area contributed by atoms with Crippen LogP contribution < -0.4 is 5.73 Å². The van der Waals surface area contributed by atoms with Crippen LogP contribution in [0, 0.1) is 13.8 Å². The van der Waals surface area contributed by atoms with E-state index >= 15 is 0 Å². The summed E-state index contributed by atoms with van der Waals surface area (Å²) in [6, 6.07) is 8.66. The molecule has 0 amide bonds. The number of rotatable bonds is 5. The van der Waals surface area contributed by atoms with Crippen LogP contribution in [0.5, 0.6) is 0 Å². The van der Waals surface area contributed by atoms with E-state index < -0.39 is 0 Å². The normalized spacial score (nSPS) is 12.7. The summed E-state index contributed by atoms with van der Waals surface area (Å²) < 4.78 is 3.01. The number of aromatic nitrogens is 2. The topological polar surface area (TPSA) is 43.8 Å². The summed E-state index contributed by atoms with van der Waals surface area (Å²) in [6.45, 7) is 4.16. The zero-order chi connectivity index (χ0) is 14.7. The van der Waals surface area contributed by atoms with Gasteiger partial charge in [0.25, 0.3) is 0 Å². The van der Waals surface area contributed by atoms with Crippen molar-refractivity contribution in [3.63, 3.8) is 0 Å². The lowest BCUT2D eigenvalue weighted by molar-refractivity contribution is 0.576. The molecule has 1 atom stereocenters. The first kappa shape index (κ1) is 15.3. The lowest BCUT2D eigenvalue weighted by Gasteiger charge is -2.13. The summed E-state index contributed by atoms with van der Waals surface area (Å²) in [4.78, 5) is 0. The maximum atomic E-state index is 6.29. The molecule has 1 aromatic carbocycles. The molecule has 2 rings (SSSR count). The number of benzene rings is 1. The summed E-state index contributed by atoms with van der Waals surface area (Å²) in [5, 5.41) is 4.41. The molecular weight excluding hydrogens is 314 g/mol. The van der Waals surface area contributed by atoms with E-state index in [9.17, 15) is 0 Å². The molecular formula is C16H22BrN3. The van der Waals surface area contributed by atoms with Crippen molar-refractivity contribution < 1.29 is 0 Å². The van der Waals surface area contributed by atoms with Crippen molar-refractivity contribution >= 4 is 15.9 Å². The summed E-state index contributed by atoms with van der Waals surface area (Å²) in [5.41, 5.74) is 11.2. The Morgan fingerprint density at radius 1 is 1.30 bits per heavy atom. The molecule has 3 nitrogen and oxygen atoms in total. The number of hydrogen-bond donors (Lipinski definition) is 1. The highest BCUT2D eigenvalue weighted by molar-refractivity contribution is 9.10. The summed E-state index contributed by atoms with van der Waals surface area (Å²) in [6.07, 6.45) is 2.87. The molecule has 1 heterocycles. The van der Waals surface area contributed by atoms with E-state index in [-0.39, 0.29) is 6.04 Å². The molecule has 1 aromatic heterocycles. The second-order valence-electron chi connectivity index (χ2n) is 5.40. The first-order valence-electron chi connectivity index (χ1n) is 6.97. The van der Waals surface area contributed by atoms with Crippen LogP contribution in [0.2, 0.25) is 0 Å². The van der Waals surface area contributed by atoms with Crippen LogP contribution >= 0.6 is 15.9 Å². The molecule has 0 aliphatic heterocycles. The quantitative estimate of drug-likeness (QED) is 0.910. The Kier molecular flexibility index (Phi) is 5.00. The summed E-state index contributed by atoms with van der Waals surface area (Å²) in [7, 11) is 1.97. The Balaban J connectivity index is 1.96. The van der Waals surface area contributed by atoms with E-state index in [4.69, 9.17) is 5.73 Å². The zero-order valence-corrected chi connectivity index (χ0v) is 13.9. The smallest absolute Gasteiger partial charge is 0.0738 e. The molecule has 4 heteroatoms. The molecule has 0 bridgehead atoms. The predicted molar refractivity (Wildman–Crippen MR) is 86.8 cm³/mol. The molecule has 0 aliphatic rings. The second-order valence-corrected chi connectivity index (χ2v) is 6.19. The van der Waals surface area contributed by atoms with E-state index in [0.717, 1.165) is 29.4 Å². The van der Waals surface area contributed by atoms with Crippen molar-refractivity contribution in [2.45, 2.75) is 39.2 Å². The van der Waals surface area contributed by atoms with Crippen LogP contribution in [0.1, 0.15) is 28.9 Å².